The molecule has 2 aliphatic rings. The van der Waals surface area contributed by atoms with Crippen LogP contribution in [0.5, 0.6) is 0 Å². The lowest BCUT2D eigenvalue weighted by Crippen LogP contribution is -2.42. The van der Waals surface area contributed by atoms with Gasteiger partial charge in [0.25, 0.3) is 0 Å². The Balaban J connectivity index is 1.63. The van der Waals surface area contributed by atoms with Crippen molar-refractivity contribution >= 4 is 0 Å². The molecule has 2 fully saturated rings. The summed E-state index contributed by atoms with van der Waals surface area (Å²) in [6.07, 6.45) is 10.7. The van der Waals surface area contributed by atoms with E-state index in [0.29, 0.717) is 12.2 Å². The molecule has 1 atom stereocenters. The number of hydrogen-bond donors (Lipinski definition) is 1. The molecule has 0 radical (unpaired) electrons. The molecule has 1 saturated carbocycles. The molecule has 1 aliphatic heterocycles. The van der Waals surface area contributed by atoms with E-state index in [4.69, 9.17) is 4.74 Å². The summed E-state index contributed by atoms with van der Waals surface area (Å²) < 4.78 is 6.22. The van der Waals surface area contributed by atoms with Crippen LogP contribution in [-0.2, 0) is 4.74 Å². The van der Waals surface area contributed by atoms with Crippen LogP contribution < -0.4 is 0 Å². The van der Waals surface area contributed by atoms with E-state index in [1.165, 1.54) is 32.1 Å². The highest BCUT2D eigenvalue weighted by Crippen LogP contribution is 2.24. The molecule has 0 amide bonds. The minimum absolute atomic E-state index is 0.152. The van der Waals surface area contributed by atoms with Gasteiger partial charge in [-0.3, -0.25) is 0 Å². The second kappa shape index (κ2) is 7.46. The molecule has 0 aromatic rings. The number of nitrogens with zero attached hydrogens (tertiary/aromatic N) is 1. The van der Waals surface area contributed by atoms with Gasteiger partial charge in [0.15, 0.2) is 0 Å². The molecular formula is C15H29NO2. The van der Waals surface area contributed by atoms with Gasteiger partial charge < -0.3 is 14.7 Å². The Kier molecular flexibility index (Phi) is 5.93. The molecule has 1 heterocycles. The molecule has 0 spiro atoms. The number of piperidine rings is 1. The van der Waals surface area contributed by atoms with E-state index >= 15 is 0 Å². The molecule has 18 heavy (non-hydrogen) atoms. The van der Waals surface area contributed by atoms with Crippen LogP contribution in [0.1, 0.15) is 58.3 Å². The average Bonchev–Trinajstić information content (AvgIpc) is 2.42. The van der Waals surface area contributed by atoms with Crippen molar-refractivity contribution in [3.8, 4) is 0 Å². The second-order valence-electron chi connectivity index (χ2n) is 5.96. The molecule has 1 N–H and O–H groups in total. The van der Waals surface area contributed by atoms with Gasteiger partial charge in [0.05, 0.1) is 18.3 Å². The fourth-order valence-electron chi connectivity index (χ4n) is 3.13. The Labute approximate surface area is 112 Å². The van der Waals surface area contributed by atoms with Crippen molar-refractivity contribution in [1.82, 2.24) is 4.90 Å². The van der Waals surface area contributed by atoms with Gasteiger partial charge in [-0.25, -0.2) is 0 Å². The lowest BCUT2D eigenvalue weighted by atomic mass is 9.97. The van der Waals surface area contributed by atoms with E-state index in [0.717, 1.165) is 38.9 Å². The van der Waals surface area contributed by atoms with Gasteiger partial charge in [-0.05, 0) is 32.1 Å². The summed E-state index contributed by atoms with van der Waals surface area (Å²) in [5.74, 6) is 0. The van der Waals surface area contributed by atoms with Crippen molar-refractivity contribution in [2.45, 2.75) is 76.6 Å². The van der Waals surface area contributed by atoms with Gasteiger partial charge in [-0.15, -0.1) is 0 Å². The zero-order valence-corrected chi connectivity index (χ0v) is 11.8. The highest BCUT2D eigenvalue weighted by Gasteiger charge is 2.24. The SMILES string of the molecule is CCC(O)CN1CCC(OC2CCCCC2)CC1. The van der Waals surface area contributed by atoms with Crippen molar-refractivity contribution < 1.29 is 9.84 Å². The number of aliphatic hydroxyl groups excluding tert-OH is 1. The van der Waals surface area contributed by atoms with Crippen molar-refractivity contribution in [2.24, 2.45) is 0 Å². The molecule has 1 unspecified atom stereocenters. The second-order valence-corrected chi connectivity index (χ2v) is 5.96. The first-order chi connectivity index (χ1) is 8.78. The number of hydrogen-bond acceptors (Lipinski definition) is 3. The molecule has 0 aromatic heterocycles. The topological polar surface area (TPSA) is 32.7 Å². The number of likely N-dealkylation sites (tertiary alicyclic amines) is 1. The van der Waals surface area contributed by atoms with E-state index in [1.54, 1.807) is 0 Å². The van der Waals surface area contributed by atoms with Crippen molar-refractivity contribution in [3.05, 3.63) is 0 Å². The lowest BCUT2D eigenvalue weighted by Gasteiger charge is -2.35. The van der Waals surface area contributed by atoms with E-state index in [1.807, 2.05) is 6.92 Å². The van der Waals surface area contributed by atoms with Crippen LogP contribution in [0.3, 0.4) is 0 Å². The van der Waals surface area contributed by atoms with Gasteiger partial charge in [0, 0.05) is 19.6 Å². The summed E-state index contributed by atoms with van der Waals surface area (Å²) in [7, 11) is 0. The fourth-order valence-corrected chi connectivity index (χ4v) is 3.13. The summed E-state index contributed by atoms with van der Waals surface area (Å²) in [6, 6.07) is 0. The summed E-state index contributed by atoms with van der Waals surface area (Å²) in [4.78, 5) is 2.38. The minimum Gasteiger partial charge on any atom is -0.392 e. The summed E-state index contributed by atoms with van der Waals surface area (Å²) in [5, 5.41) is 9.66. The lowest BCUT2D eigenvalue weighted by molar-refractivity contribution is -0.0591. The molecule has 106 valence electrons. The molecule has 2 rings (SSSR count). The third-order valence-electron chi connectivity index (χ3n) is 4.41. The number of rotatable bonds is 5. The predicted molar refractivity (Wildman–Crippen MR) is 73.7 cm³/mol. The standard InChI is InChI=1S/C15H29NO2/c1-2-13(17)12-16-10-8-15(9-11-16)18-14-6-4-3-5-7-14/h13-15,17H,2-12H2,1H3. The van der Waals surface area contributed by atoms with E-state index < -0.39 is 0 Å². The molecule has 1 aliphatic carbocycles. The van der Waals surface area contributed by atoms with Gasteiger partial charge in [-0.2, -0.15) is 0 Å². The predicted octanol–water partition coefficient (Wildman–Crippen LogP) is 2.57. The van der Waals surface area contributed by atoms with Gasteiger partial charge in [0.1, 0.15) is 0 Å². The molecular weight excluding hydrogens is 226 g/mol. The number of aliphatic hydroxyl groups is 1. The Morgan fingerprint density at radius 1 is 1.06 bits per heavy atom. The van der Waals surface area contributed by atoms with Crippen LogP contribution >= 0.6 is 0 Å². The maximum Gasteiger partial charge on any atom is 0.0664 e. The third kappa shape index (κ3) is 4.52. The molecule has 0 aromatic carbocycles. The van der Waals surface area contributed by atoms with Crippen molar-refractivity contribution in [2.75, 3.05) is 19.6 Å². The Morgan fingerprint density at radius 3 is 2.28 bits per heavy atom. The summed E-state index contributed by atoms with van der Waals surface area (Å²) in [6.45, 7) is 5.07. The van der Waals surface area contributed by atoms with Crippen LogP contribution in [0.4, 0.5) is 0 Å². The van der Waals surface area contributed by atoms with Gasteiger partial charge >= 0.3 is 0 Å². The normalized spacial score (nSPS) is 26.3. The quantitative estimate of drug-likeness (QED) is 0.819. The first-order valence-electron chi connectivity index (χ1n) is 7.83. The van der Waals surface area contributed by atoms with Crippen molar-refractivity contribution in [1.29, 1.82) is 0 Å². The average molecular weight is 255 g/mol. The van der Waals surface area contributed by atoms with Crippen LogP contribution in [0.2, 0.25) is 0 Å². The molecule has 1 saturated heterocycles. The van der Waals surface area contributed by atoms with Gasteiger partial charge in [-0.1, -0.05) is 26.2 Å². The monoisotopic (exact) mass is 255 g/mol. The van der Waals surface area contributed by atoms with Crippen LogP contribution in [0.15, 0.2) is 0 Å². The first kappa shape index (κ1) is 14.3. The molecule has 3 nitrogen and oxygen atoms in total. The van der Waals surface area contributed by atoms with Crippen LogP contribution in [-0.4, -0.2) is 48.0 Å². The van der Waals surface area contributed by atoms with E-state index in [9.17, 15) is 5.11 Å². The highest BCUT2D eigenvalue weighted by molar-refractivity contribution is 4.76. The van der Waals surface area contributed by atoms with E-state index in [-0.39, 0.29) is 6.10 Å². The summed E-state index contributed by atoms with van der Waals surface area (Å²) >= 11 is 0. The Morgan fingerprint density at radius 2 is 1.67 bits per heavy atom. The van der Waals surface area contributed by atoms with Gasteiger partial charge in [0.2, 0.25) is 0 Å². The largest absolute Gasteiger partial charge is 0.392 e. The Bertz CT molecular complexity index is 221. The molecule has 3 heteroatoms. The molecule has 0 bridgehead atoms. The Hall–Kier alpha value is -0.120. The number of ether oxygens (including phenoxy) is 1. The van der Waals surface area contributed by atoms with E-state index in [2.05, 4.69) is 4.90 Å². The maximum absolute atomic E-state index is 9.66. The highest BCUT2D eigenvalue weighted by atomic mass is 16.5. The zero-order valence-electron chi connectivity index (χ0n) is 11.8. The van der Waals surface area contributed by atoms with Crippen LogP contribution in [0.25, 0.3) is 0 Å². The smallest absolute Gasteiger partial charge is 0.0664 e. The first-order valence-corrected chi connectivity index (χ1v) is 7.83. The summed E-state index contributed by atoms with van der Waals surface area (Å²) in [5.41, 5.74) is 0. The van der Waals surface area contributed by atoms with Crippen LogP contribution in [0, 0.1) is 0 Å². The fraction of sp³-hybridized carbons (Fsp3) is 1.00. The number of β-amino-alcohol motifs (C(OH)–C–C–N with tert-alkyl or cyclic N) is 1. The minimum atomic E-state index is -0.152. The zero-order chi connectivity index (χ0) is 12.8. The van der Waals surface area contributed by atoms with Crippen molar-refractivity contribution in [3.63, 3.8) is 0 Å². The third-order valence-corrected chi connectivity index (χ3v) is 4.41. The maximum atomic E-state index is 9.66.